The van der Waals surface area contributed by atoms with E-state index >= 15 is 0 Å². The molecule has 0 bridgehead atoms. The van der Waals surface area contributed by atoms with E-state index in [1.807, 2.05) is 14.1 Å². The number of likely N-dealkylation sites (N-methyl/N-ethyl adjacent to an activating group) is 1. The third-order valence-corrected chi connectivity index (χ3v) is 6.57. The molecular weight excluding hydrogens is 448 g/mol. The average Bonchev–Trinajstić information content (AvgIpc) is 2.67. The van der Waals surface area contributed by atoms with E-state index in [2.05, 4.69) is 25.6 Å². The molecule has 0 aromatic heterocycles. The van der Waals surface area contributed by atoms with Gasteiger partial charge in [0.05, 0.1) is 19.9 Å². The molecule has 9 heteroatoms. The minimum atomic E-state index is -3.90. The number of ether oxygens (including phenoxy) is 3. The highest BCUT2D eigenvalue weighted by molar-refractivity contribution is 9.10. The number of halogens is 1. The summed E-state index contributed by atoms with van der Waals surface area (Å²) >= 11 is 3.31. The van der Waals surface area contributed by atoms with E-state index in [4.69, 9.17) is 14.2 Å². The van der Waals surface area contributed by atoms with Crippen LogP contribution in [-0.4, -0.2) is 54.3 Å². The minimum Gasteiger partial charge on any atom is -0.496 e. The van der Waals surface area contributed by atoms with E-state index in [0.29, 0.717) is 34.7 Å². The van der Waals surface area contributed by atoms with Crippen molar-refractivity contribution in [2.75, 3.05) is 39.6 Å². The number of rotatable bonds is 6. The lowest BCUT2D eigenvalue weighted by molar-refractivity contribution is 0.164. The van der Waals surface area contributed by atoms with E-state index in [-0.39, 0.29) is 16.7 Å². The standard InChI is InChI=1S/C19H23BrN2O5S/c1-22(2)13-10-14-16(25-3)8-6-15(19(14)27-11-13)21-28(23,24)18-9-12(20)5-7-17(18)26-4/h5-9,13,21H,10-11H2,1-4H3/t13-/m1/s1. The van der Waals surface area contributed by atoms with E-state index < -0.39 is 10.0 Å². The van der Waals surface area contributed by atoms with E-state index in [1.165, 1.54) is 13.2 Å². The highest BCUT2D eigenvalue weighted by Gasteiger charge is 2.29. The Balaban J connectivity index is 2.02. The van der Waals surface area contributed by atoms with Crippen molar-refractivity contribution in [3.8, 4) is 17.2 Å². The molecule has 0 spiro atoms. The summed E-state index contributed by atoms with van der Waals surface area (Å²) in [6.45, 7) is 0.460. The van der Waals surface area contributed by atoms with Crippen molar-refractivity contribution in [1.82, 2.24) is 4.90 Å². The Bertz CT molecular complexity index is 979. The molecule has 1 N–H and O–H groups in total. The molecule has 0 saturated heterocycles. The van der Waals surface area contributed by atoms with Gasteiger partial charge in [-0.1, -0.05) is 15.9 Å². The molecule has 0 saturated carbocycles. The molecule has 0 fully saturated rings. The maximum Gasteiger partial charge on any atom is 0.265 e. The second kappa shape index (κ2) is 8.18. The van der Waals surface area contributed by atoms with Gasteiger partial charge in [0.2, 0.25) is 0 Å². The molecule has 28 heavy (non-hydrogen) atoms. The number of anilines is 1. The van der Waals surface area contributed by atoms with Gasteiger partial charge in [-0.3, -0.25) is 4.72 Å². The zero-order chi connectivity index (χ0) is 20.5. The maximum absolute atomic E-state index is 13.0. The van der Waals surface area contributed by atoms with Crippen molar-refractivity contribution in [1.29, 1.82) is 0 Å². The zero-order valence-corrected chi connectivity index (χ0v) is 18.6. The molecular formula is C19H23BrN2O5S. The first kappa shape index (κ1) is 20.8. The van der Waals surface area contributed by atoms with Gasteiger partial charge in [0.25, 0.3) is 10.0 Å². The molecule has 7 nitrogen and oxygen atoms in total. The van der Waals surface area contributed by atoms with E-state index in [9.17, 15) is 8.42 Å². The Morgan fingerprint density at radius 3 is 2.46 bits per heavy atom. The van der Waals surface area contributed by atoms with Gasteiger partial charge in [-0.05, 0) is 50.8 Å². The number of benzene rings is 2. The molecule has 1 heterocycles. The van der Waals surface area contributed by atoms with E-state index in [0.717, 1.165) is 5.56 Å². The lowest BCUT2D eigenvalue weighted by Gasteiger charge is -2.32. The fraction of sp³-hybridized carbons (Fsp3) is 0.368. The summed E-state index contributed by atoms with van der Waals surface area (Å²) in [5, 5.41) is 0. The fourth-order valence-electron chi connectivity index (χ4n) is 3.11. The third kappa shape index (κ3) is 4.06. The van der Waals surface area contributed by atoms with Crippen molar-refractivity contribution < 1.29 is 22.6 Å². The number of nitrogens with one attached hydrogen (secondary N) is 1. The number of fused-ring (bicyclic) bond motifs is 1. The number of nitrogens with zero attached hydrogens (tertiary/aromatic N) is 1. The Hall–Kier alpha value is -1.97. The number of hydrogen-bond acceptors (Lipinski definition) is 6. The predicted octanol–water partition coefficient (Wildman–Crippen LogP) is 3.13. The van der Waals surface area contributed by atoms with Crippen LogP contribution in [-0.2, 0) is 16.4 Å². The molecule has 0 radical (unpaired) electrons. The first-order chi connectivity index (χ1) is 13.3. The van der Waals surface area contributed by atoms with Crippen LogP contribution in [0.25, 0.3) is 0 Å². The van der Waals surface area contributed by atoms with Crippen LogP contribution in [0.1, 0.15) is 5.56 Å². The molecule has 2 aromatic rings. The highest BCUT2D eigenvalue weighted by atomic mass is 79.9. The zero-order valence-electron chi connectivity index (χ0n) is 16.2. The lowest BCUT2D eigenvalue weighted by Crippen LogP contribution is -2.38. The second-order valence-corrected chi connectivity index (χ2v) is 9.22. The average molecular weight is 471 g/mol. The van der Waals surface area contributed by atoms with Gasteiger partial charge >= 0.3 is 0 Å². The Labute approximate surface area is 173 Å². The molecule has 3 rings (SSSR count). The van der Waals surface area contributed by atoms with Crippen LogP contribution in [0, 0.1) is 0 Å². The van der Waals surface area contributed by atoms with Gasteiger partial charge in [0.1, 0.15) is 28.8 Å². The number of sulfonamides is 1. The van der Waals surface area contributed by atoms with Gasteiger partial charge < -0.3 is 19.1 Å². The van der Waals surface area contributed by atoms with Gasteiger partial charge in [-0.2, -0.15) is 0 Å². The van der Waals surface area contributed by atoms with Crippen LogP contribution in [0.4, 0.5) is 5.69 Å². The molecule has 2 aromatic carbocycles. The van der Waals surface area contributed by atoms with Crippen molar-refractivity contribution in [2.45, 2.75) is 17.4 Å². The summed E-state index contributed by atoms with van der Waals surface area (Å²) in [4.78, 5) is 2.11. The van der Waals surface area contributed by atoms with Crippen LogP contribution in [0.2, 0.25) is 0 Å². The summed E-state index contributed by atoms with van der Waals surface area (Å²) in [6.07, 6.45) is 0.696. The molecule has 1 aliphatic heterocycles. The topological polar surface area (TPSA) is 77.1 Å². The summed E-state index contributed by atoms with van der Waals surface area (Å²) in [7, 11) is 3.09. The van der Waals surface area contributed by atoms with Crippen molar-refractivity contribution in [2.24, 2.45) is 0 Å². The minimum absolute atomic E-state index is 0.0379. The highest BCUT2D eigenvalue weighted by Crippen LogP contribution is 2.41. The van der Waals surface area contributed by atoms with Gasteiger partial charge in [-0.15, -0.1) is 0 Å². The summed E-state index contributed by atoms with van der Waals surface area (Å²) in [5.74, 6) is 1.42. The lowest BCUT2D eigenvalue weighted by atomic mass is 10.00. The largest absolute Gasteiger partial charge is 0.496 e. The quantitative estimate of drug-likeness (QED) is 0.698. The fourth-order valence-corrected chi connectivity index (χ4v) is 4.88. The van der Waals surface area contributed by atoms with Crippen LogP contribution < -0.4 is 18.9 Å². The monoisotopic (exact) mass is 470 g/mol. The molecule has 152 valence electrons. The van der Waals surface area contributed by atoms with Crippen LogP contribution >= 0.6 is 15.9 Å². The second-order valence-electron chi connectivity index (χ2n) is 6.66. The normalized spacial score (nSPS) is 16.3. The van der Waals surface area contributed by atoms with Crippen molar-refractivity contribution in [3.63, 3.8) is 0 Å². The Kier molecular flexibility index (Phi) is 6.07. The van der Waals surface area contributed by atoms with Crippen molar-refractivity contribution >= 4 is 31.6 Å². The number of hydrogen-bond donors (Lipinski definition) is 1. The SMILES string of the molecule is COc1ccc(Br)cc1S(=O)(=O)Nc1ccc(OC)c2c1OC[C@H](N(C)C)C2. The maximum atomic E-state index is 13.0. The summed E-state index contributed by atoms with van der Waals surface area (Å²) < 4.78 is 46.0. The van der Waals surface area contributed by atoms with Crippen LogP contribution in [0.3, 0.4) is 0 Å². The molecule has 0 unspecified atom stereocenters. The van der Waals surface area contributed by atoms with Gasteiger partial charge in [0, 0.05) is 16.1 Å². The smallest absolute Gasteiger partial charge is 0.265 e. The van der Waals surface area contributed by atoms with Gasteiger partial charge in [-0.25, -0.2) is 8.42 Å². The van der Waals surface area contributed by atoms with Gasteiger partial charge in [0.15, 0.2) is 0 Å². The Morgan fingerprint density at radius 2 is 1.82 bits per heavy atom. The molecule has 0 aliphatic carbocycles. The Morgan fingerprint density at radius 1 is 1.14 bits per heavy atom. The van der Waals surface area contributed by atoms with Crippen LogP contribution in [0.15, 0.2) is 39.7 Å². The number of methoxy groups -OCH3 is 2. The first-order valence-electron chi connectivity index (χ1n) is 8.62. The third-order valence-electron chi connectivity index (χ3n) is 4.69. The molecule has 1 atom stereocenters. The molecule has 0 amide bonds. The predicted molar refractivity (Wildman–Crippen MR) is 111 cm³/mol. The van der Waals surface area contributed by atoms with Crippen molar-refractivity contribution in [3.05, 3.63) is 40.4 Å². The van der Waals surface area contributed by atoms with E-state index in [1.54, 1.807) is 31.4 Å². The molecule has 1 aliphatic rings. The van der Waals surface area contributed by atoms with Crippen LogP contribution in [0.5, 0.6) is 17.2 Å². The summed E-state index contributed by atoms with van der Waals surface area (Å²) in [5.41, 5.74) is 1.21. The summed E-state index contributed by atoms with van der Waals surface area (Å²) in [6, 6.07) is 8.39. The first-order valence-corrected chi connectivity index (χ1v) is 10.9.